The summed E-state index contributed by atoms with van der Waals surface area (Å²) < 4.78 is 5.34. The van der Waals surface area contributed by atoms with Crippen LogP contribution in [0, 0.1) is 17.8 Å². The van der Waals surface area contributed by atoms with E-state index in [-0.39, 0.29) is 12.1 Å². The molecule has 3 fully saturated rings. The lowest BCUT2D eigenvalue weighted by Gasteiger charge is -2.28. The van der Waals surface area contributed by atoms with Crippen LogP contribution in [0.2, 0.25) is 0 Å². The molecular weight excluding hydrogens is 152 g/mol. The fourth-order valence-corrected chi connectivity index (χ4v) is 3.20. The highest BCUT2D eigenvalue weighted by Crippen LogP contribution is 2.55. The summed E-state index contributed by atoms with van der Waals surface area (Å²) in [5.74, 6) is 1.61. The van der Waals surface area contributed by atoms with Crippen molar-refractivity contribution in [3.05, 3.63) is 12.2 Å². The smallest absolute Gasteiger partial charge is 0.333 e. The van der Waals surface area contributed by atoms with Gasteiger partial charge in [-0.1, -0.05) is 6.58 Å². The number of carbonyl (C=O) groups is 1. The van der Waals surface area contributed by atoms with Crippen molar-refractivity contribution in [2.45, 2.75) is 25.4 Å². The minimum absolute atomic E-state index is 0.134. The Morgan fingerprint density at radius 2 is 2.25 bits per heavy atom. The van der Waals surface area contributed by atoms with Crippen molar-refractivity contribution in [1.29, 1.82) is 0 Å². The highest BCUT2D eigenvalue weighted by molar-refractivity contribution is 5.89. The quantitative estimate of drug-likeness (QED) is 0.400. The zero-order chi connectivity index (χ0) is 8.29. The van der Waals surface area contributed by atoms with Gasteiger partial charge in [0, 0.05) is 11.5 Å². The van der Waals surface area contributed by atoms with Crippen LogP contribution in [0.3, 0.4) is 0 Å². The van der Waals surface area contributed by atoms with Crippen molar-refractivity contribution in [2.75, 3.05) is 0 Å². The largest absolute Gasteiger partial charge is 0.458 e. The van der Waals surface area contributed by atoms with Gasteiger partial charge in [-0.2, -0.15) is 0 Å². The lowest BCUT2D eigenvalue weighted by atomic mass is 9.83. The number of ether oxygens (including phenoxy) is 1. The van der Waals surface area contributed by atoms with Gasteiger partial charge in [-0.15, -0.1) is 0 Å². The Kier molecular flexibility index (Phi) is 1.07. The van der Waals surface area contributed by atoms with Crippen molar-refractivity contribution < 1.29 is 9.53 Å². The summed E-state index contributed by atoms with van der Waals surface area (Å²) in [6.45, 7) is 3.82. The molecule has 2 saturated carbocycles. The second kappa shape index (κ2) is 1.93. The second-order valence-electron chi connectivity index (χ2n) is 4.24. The van der Waals surface area contributed by atoms with Crippen molar-refractivity contribution in [1.82, 2.24) is 0 Å². The topological polar surface area (TPSA) is 26.3 Å². The Morgan fingerprint density at radius 3 is 3.08 bits per heavy atom. The molecule has 0 aromatic carbocycles. The third kappa shape index (κ3) is 0.598. The average Bonchev–Trinajstić information content (AvgIpc) is 2.57. The van der Waals surface area contributed by atoms with E-state index in [4.69, 9.17) is 4.74 Å². The SMILES string of the molecule is C=C1C(=O)OC2C3CCC2C1C3. The molecule has 1 saturated heterocycles. The van der Waals surface area contributed by atoms with Gasteiger partial charge in [0.2, 0.25) is 0 Å². The summed E-state index contributed by atoms with van der Waals surface area (Å²) in [5, 5.41) is 0. The fraction of sp³-hybridized carbons (Fsp3) is 0.700. The third-order valence-electron chi connectivity index (χ3n) is 3.78. The molecule has 2 nitrogen and oxygen atoms in total. The van der Waals surface area contributed by atoms with E-state index >= 15 is 0 Å². The summed E-state index contributed by atoms with van der Waals surface area (Å²) in [4.78, 5) is 11.3. The van der Waals surface area contributed by atoms with Gasteiger partial charge in [0.1, 0.15) is 6.10 Å². The van der Waals surface area contributed by atoms with Gasteiger partial charge in [-0.25, -0.2) is 4.79 Å². The minimum Gasteiger partial charge on any atom is -0.458 e. The third-order valence-corrected chi connectivity index (χ3v) is 3.78. The maximum atomic E-state index is 11.3. The maximum Gasteiger partial charge on any atom is 0.333 e. The Labute approximate surface area is 71.6 Å². The van der Waals surface area contributed by atoms with Crippen molar-refractivity contribution >= 4 is 5.97 Å². The molecule has 2 aliphatic carbocycles. The molecule has 64 valence electrons. The van der Waals surface area contributed by atoms with E-state index in [9.17, 15) is 4.79 Å². The van der Waals surface area contributed by atoms with Gasteiger partial charge in [-0.05, 0) is 31.1 Å². The van der Waals surface area contributed by atoms with E-state index < -0.39 is 0 Å². The highest BCUT2D eigenvalue weighted by atomic mass is 16.5. The van der Waals surface area contributed by atoms with Crippen molar-refractivity contribution in [3.63, 3.8) is 0 Å². The zero-order valence-electron chi connectivity index (χ0n) is 6.95. The molecule has 12 heavy (non-hydrogen) atoms. The highest BCUT2D eigenvalue weighted by Gasteiger charge is 2.55. The van der Waals surface area contributed by atoms with E-state index in [1.165, 1.54) is 12.8 Å². The van der Waals surface area contributed by atoms with Gasteiger partial charge in [0.15, 0.2) is 0 Å². The van der Waals surface area contributed by atoms with Gasteiger partial charge in [-0.3, -0.25) is 0 Å². The molecule has 0 amide bonds. The number of rotatable bonds is 0. The van der Waals surface area contributed by atoms with Gasteiger partial charge in [0.05, 0.1) is 0 Å². The molecule has 4 atom stereocenters. The predicted octanol–water partition coefficient (Wildman–Crippen LogP) is 1.51. The molecule has 0 radical (unpaired) electrons. The number of esters is 1. The lowest BCUT2D eigenvalue weighted by molar-refractivity contribution is -0.150. The van der Waals surface area contributed by atoms with Crippen LogP contribution in [0.25, 0.3) is 0 Å². The molecule has 1 heterocycles. The maximum absolute atomic E-state index is 11.3. The van der Waals surface area contributed by atoms with E-state index in [0.717, 1.165) is 12.0 Å². The summed E-state index contributed by atoms with van der Waals surface area (Å²) in [6, 6.07) is 0. The average molecular weight is 164 g/mol. The number of carbonyl (C=O) groups excluding carboxylic acids is 1. The molecule has 1 aliphatic heterocycles. The van der Waals surface area contributed by atoms with Gasteiger partial charge in [0.25, 0.3) is 0 Å². The Morgan fingerprint density at radius 1 is 1.42 bits per heavy atom. The molecule has 0 spiro atoms. The predicted molar refractivity (Wildman–Crippen MR) is 43.3 cm³/mol. The fourth-order valence-electron chi connectivity index (χ4n) is 3.20. The number of hydrogen-bond acceptors (Lipinski definition) is 2. The van der Waals surface area contributed by atoms with E-state index in [0.29, 0.717) is 17.8 Å². The standard InChI is InChI=1S/C10H12O2/c1-5-8-4-6-2-3-7(8)9(6)12-10(5)11/h6-9H,1-4H2. The summed E-state index contributed by atoms with van der Waals surface area (Å²) in [5.41, 5.74) is 0.735. The van der Waals surface area contributed by atoms with Crippen LogP contribution >= 0.6 is 0 Å². The molecule has 0 aromatic rings. The summed E-state index contributed by atoms with van der Waals surface area (Å²) in [6.07, 6.45) is 3.91. The van der Waals surface area contributed by atoms with Crippen molar-refractivity contribution in [2.24, 2.45) is 17.8 Å². The summed E-state index contributed by atoms with van der Waals surface area (Å²) >= 11 is 0. The van der Waals surface area contributed by atoms with Crippen molar-refractivity contribution in [3.8, 4) is 0 Å². The van der Waals surface area contributed by atoms with Crippen LogP contribution in [0.1, 0.15) is 19.3 Å². The van der Waals surface area contributed by atoms with E-state index in [2.05, 4.69) is 6.58 Å². The van der Waals surface area contributed by atoms with Crippen LogP contribution in [0.5, 0.6) is 0 Å². The zero-order valence-corrected chi connectivity index (χ0v) is 6.95. The second-order valence-corrected chi connectivity index (χ2v) is 4.24. The van der Waals surface area contributed by atoms with Crippen LogP contribution in [-0.2, 0) is 9.53 Å². The summed E-state index contributed by atoms with van der Waals surface area (Å²) in [7, 11) is 0. The Balaban J connectivity index is 2.02. The number of hydrogen-bond donors (Lipinski definition) is 0. The van der Waals surface area contributed by atoms with Gasteiger partial charge >= 0.3 is 5.97 Å². The molecular formula is C10H12O2. The first-order valence-electron chi connectivity index (χ1n) is 4.67. The first kappa shape index (κ1) is 6.70. The van der Waals surface area contributed by atoms with Crippen LogP contribution in [-0.4, -0.2) is 12.1 Å². The molecule has 2 heteroatoms. The van der Waals surface area contributed by atoms with E-state index in [1.54, 1.807) is 0 Å². The van der Waals surface area contributed by atoms with Crippen LogP contribution in [0.15, 0.2) is 12.2 Å². The Hall–Kier alpha value is -0.790. The normalized spacial score (nSPS) is 49.7. The molecule has 3 aliphatic rings. The van der Waals surface area contributed by atoms with Crippen LogP contribution in [0.4, 0.5) is 0 Å². The molecule has 0 N–H and O–H groups in total. The monoisotopic (exact) mass is 164 g/mol. The Bertz CT molecular complexity index is 269. The molecule has 4 unspecified atom stereocenters. The first-order chi connectivity index (χ1) is 5.77. The first-order valence-corrected chi connectivity index (χ1v) is 4.67. The van der Waals surface area contributed by atoms with E-state index in [1.807, 2.05) is 0 Å². The molecule has 4 bridgehead atoms. The van der Waals surface area contributed by atoms with Gasteiger partial charge < -0.3 is 4.74 Å². The van der Waals surface area contributed by atoms with Crippen LogP contribution < -0.4 is 0 Å². The molecule has 0 aromatic heterocycles. The lowest BCUT2D eigenvalue weighted by Crippen LogP contribution is -2.32. The molecule has 3 rings (SSSR count). The minimum atomic E-state index is -0.134.